The van der Waals surface area contributed by atoms with Gasteiger partial charge in [-0.1, -0.05) is 47.5 Å². The Morgan fingerprint density at radius 1 is 0.562 bits per heavy atom. The highest BCUT2D eigenvalue weighted by atomic mass is 35.5. The molecule has 22 heteroatoms. The van der Waals surface area contributed by atoms with Gasteiger partial charge in [-0.15, -0.1) is 35.3 Å². The lowest BCUT2D eigenvalue weighted by Crippen LogP contribution is -2.09. The lowest BCUT2D eigenvalue weighted by atomic mass is 9.97. The van der Waals surface area contributed by atoms with Gasteiger partial charge in [0, 0.05) is 139 Å². The number of aromatic nitrogens is 8. The fourth-order valence-corrected chi connectivity index (χ4v) is 19.1. The number of hydrogen-bond donors (Lipinski definition) is 2. The zero-order valence-electron chi connectivity index (χ0n) is 52.3. The van der Waals surface area contributed by atoms with Crippen LogP contribution in [0.15, 0.2) is 125 Å². The highest BCUT2D eigenvalue weighted by Crippen LogP contribution is 2.49. The van der Waals surface area contributed by atoms with E-state index < -0.39 is 23.0 Å². The minimum atomic E-state index is -1.07. The second-order valence-corrected chi connectivity index (χ2v) is 29.9. The normalized spacial score (nSPS) is 16.2. The Labute approximate surface area is 578 Å². The number of halogens is 4. The third kappa shape index (κ3) is 11.4. The maximum atomic E-state index is 17.9. The highest BCUT2D eigenvalue weighted by molar-refractivity contribution is 7.99. The van der Waals surface area contributed by atoms with Crippen molar-refractivity contribution in [2.75, 3.05) is 13.2 Å². The second kappa shape index (κ2) is 25.8. The molecule has 1 unspecified atom stereocenters. The van der Waals surface area contributed by atoms with E-state index in [9.17, 15) is 24.2 Å². The molecule has 2 N–H and O–H groups in total. The molecule has 6 aliphatic rings. The van der Waals surface area contributed by atoms with E-state index in [4.69, 9.17) is 52.8 Å². The molecule has 0 spiro atoms. The van der Waals surface area contributed by atoms with Crippen LogP contribution in [0.2, 0.25) is 10.0 Å². The summed E-state index contributed by atoms with van der Waals surface area (Å²) in [4.78, 5) is 38.6. The van der Waals surface area contributed by atoms with Gasteiger partial charge >= 0.3 is 11.9 Å². The van der Waals surface area contributed by atoms with E-state index in [1.165, 1.54) is 23.9 Å². The van der Waals surface area contributed by atoms with Crippen LogP contribution in [0.3, 0.4) is 0 Å². The van der Waals surface area contributed by atoms with E-state index in [0.717, 1.165) is 120 Å². The first-order valence-electron chi connectivity index (χ1n) is 32.0. The molecule has 0 saturated heterocycles. The van der Waals surface area contributed by atoms with Gasteiger partial charge in [0.1, 0.15) is 34.5 Å². The Hall–Kier alpha value is -7.98. The average Bonchev–Trinajstić information content (AvgIpc) is 1.56. The molecule has 14 nitrogen and oxygen atoms in total. The molecule has 0 saturated carbocycles. The van der Waals surface area contributed by atoms with Gasteiger partial charge in [-0.05, 0) is 163 Å². The standard InChI is InChI=1S/C74H62Cl2F2N8O6S4/c1-83-68-50-16-18-54(75)64(68)66-58(81-85-21-3-9-60(66)85)37-93-34-39-11-14-44(79-32-39)36-95-46-27-42-28-56(78)53(31-52(42)63(30-46)92-24-6-8-49(50)70(83)73(87)88)72-57-20-12-40(33-80-57)35-94-45-26-41-25-43(77)13-15-47(41)62(29-45)91-23-5-7-48-51-17-19-55(76)65(69(51)84(2)71(48)74(89)90)67-59(38-96-72)82-86-22-4-10-61(67)86/h11-20,25-33,72H,3-10,21-24,34-38H2,1-2H3,(H,87,88)(H,89,90). The van der Waals surface area contributed by atoms with Crippen molar-refractivity contribution < 1.29 is 38.1 Å². The predicted octanol–water partition coefficient (Wildman–Crippen LogP) is 18.1. The first kappa shape index (κ1) is 62.8. The number of nitrogens with zero attached hydrogens (tertiary/aromatic N) is 8. The van der Waals surface area contributed by atoms with Gasteiger partial charge in [0.05, 0.1) is 62.3 Å². The number of ether oxygens (including phenoxy) is 2. The number of benzene rings is 6. The zero-order chi connectivity index (χ0) is 65.6. The number of aromatic carboxylic acids is 2. The van der Waals surface area contributed by atoms with Crippen molar-refractivity contribution in [1.82, 2.24) is 38.7 Å². The maximum absolute atomic E-state index is 17.9. The number of aryl methyl sites for hydroxylation is 6. The largest absolute Gasteiger partial charge is 0.493 e. The number of hydrogen-bond acceptors (Lipinski definition) is 12. The number of carboxylic acids is 2. The molecule has 6 aromatic carbocycles. The molecular weight excluding hydrogens is 1330 g/mol. The molecular formula is C74H62Cl2F2N8O6S4. The van der Waals surface area contributed by atoms with Gasteiger partial charge in [-0.25, -0.2) is 18.4 Å². The Balaban J connectivity index is 0.809. The number of pyridine rings is 2. The van der Waals surface area contributed by atoms with Crippen LogP contribution >= 0.6 is 70.2 Å². The van der Waals surface area contributed by atoms with Crippen molar-refractivity contribution in [3.05, 3.63) is 211 Å². The number of carboxylic acid groups (broad SMARTS) is 2. The lowest BCUT2D eigenvalue weighted by molar-refractivity contribution is 0.0675. The first-order valence-corrected chi connectivity index (χ1v) is 37.0. The van der Waals surface area contributed by atoms with Gasteiger partial charge in [-0.2, -0.15) is 22.0 Å². The summed E-state index contributed by atoms with van der Waals surface area (Å²) in [6.45, 7) is 1.97. The van der Waals surface area contributed by atoms with Gasteiger partial charge in [0.25, 0.3) is 0 Å². The molecule has 96 heavy (non-hydrogen) atoms. The molecule has 16 bridgehead atoms. The van der Waals surface area contributed by atoms with Crippen LogP contribution in [-0.2, 0) is 81.6 Å². The van der Waals surface area contributed by atoms with Crippen molar-refractivity contribution in [2.24, 2.45) is 14.1 Å². The summed E-state index contributed by atoms with van der Waals surface area (Å²) < 4.78 is 53.9. The number of rotatable bonds is 3. The van der Waals surface area contributed by atoms with Crippen molar-refractivity contribution in [3.63, 3.8) is 0 Å². The SMILES string of the molecule is Cn1c(C(=O)O)c2c3ccc(Cl)c(c31)-c1c(nn3c1CCC3)CSCc1ccc(nc1)CSc1cc(c3cc(C4SCc5nn6c(c5-c5c(Cl)ccc7c(c(C(=O)O)n(C)c57)CCCOc5cc(cc7cc(F)ccc57)SCc5ccc4nc5)CCC6)c(F)cc3c1)OCCC2. The molecule has 0 amide bonds. The summed E-state index contributed by atoms with van der Waals surface area (Å²) in [5, 5.41) is 37.0. The summed E-state index contributed by atoms with van der Waals surface area (Å²) >= 11 is 21.1. The van der Waals surface area contributed by atoms with Gasteiger partial charge in [-0.3, -0.25) is 19.3 Å². The Morgan fingerprint density at radius 3 is 1.72 bits per heavy atom. The van der Waals surface area contributed by atoms with Crippen LogP contribution in [0.5, 0.6) is 11.5 Å². The van der Waals surface area contributed by atoms with E-state index in [1.54, 1.807) is 63.6 Å². The minimum Gasteiger partial charge on any atom is -0.493 e. The van der Waals surface area contributed by atoms with Crippen LogP contribution < -0.4 is 9.47 Å². The molecule has 6 aromatic heterocycles. The van der Waals surface area contributed by atoms with Gasteiger partial charge < -0.3 is 28.8 Å². The molecule has 6 aliphatic heterocycles. The summed E-state index contributed by atoms with van der Waals surface area (Å²) in [6, 6.07) is 31.7. The molecule has 0 radical (unpaired) electrons. The number of carbonyl (C=O) groups is 2. The first-order chi connectivity index (χ1) is 46.7. The fraction of sp³-hybridized carbons (Fsp3) is 0.270. The molecule has 0 aliphatic carbocycles. The average molecular weight is 1400 g/mol. The Kier molecular flexibility index (Phi) is 16.9. The van der Waals surface area contributed by atoms with E-state index >= 15 is 4.39 Å². The quantitative estimate of drug-likeness (QED) is 0.172. The van der Waals surface area contributed by atoms with Crippen LogP contribution in [0.4, 0.5) is 8.78 Å². The van der Waals surface area contributed by atoms with Crippen LogP contribution in [0.25, 0.3) is 65.6 Å². The van der Waals surface area contributed by atoms with Crippen molar-refractivity contribution >= 4 is 126 Å². The third-order valence-electron chi connectivity index (χ3n) is 19.0. The topological polar surface area (TPSA) is 164 Å². The smallest absolute Gasteiger partial charge is 0.352 e. The van der Waals surface area contributed by atoms with E-state index in [2.05, 4.69) is 16.8 Å². The maximum Gasteiger partial charge on any atom is 0.352 e. The highest BCUT2D eigenvalue weighted by Gasteiger charge is 2.34. The van der Waals surface area contributed by atoms with Crippen LogP contribution in [0, 0.1) is 11.6 Å². The monoisotopic (exact) mass is 1390 g/mol. The summed E-state index contributed by atoms with van der Waals surface area (Å²) in [6.07, 6.45) is 8.85. The molecule has 0 fully saturated rings. The van der Waals surface area contributed by atoms with E-state index in [0.29, 0.717) is 132 Å². The van der Waals surface area contributed by atoms with Crippen LogP contribution in [0.1, 0.15) is 114 Å². The number of thioether (sulfide) groups is 4. The molecule has 18 rings (SSSR count). The van der Waals surface area contributed by atoms with Crippen LogP contribution in [-0.4, -0.2) is 74.0 Å². The molecule has 12 heterocycles. The van der Waals surface area contributed by atoms with Gasteiger partial charge in [0.2, 0.25) is 0 Å². The second-order valence-electron chi connectivity index (χ2n) is 24.9. The summed E-state index contributed by atoms with van der Waals surface area (Å²) in [5.74, 6) is 0.917. The summed E-state index contributed by atoms with van der Waals surface area (Å²) in [7, 11) is 3.58. The van der Waals surface area contributed by atoms with Crippen molar-refractivity contribution in [3.8, 4) is 33.8 Å². The minimum absolute atomic E-state index is 0.155. The van der Waals surface area contributed by atoms with Crippen molar-refractivity contribution in [1.29, 1.82) is 0 Å². The van der Waals surface area contributed by atoms with Gasteiger partial charge in [0.15, 0.2) is 0 Å². The molecule has 1 atom stereocenters. The van der Waals surface area contributed by atoms with E-state index in [1.807, 2.05) is 90.9 Å². The number of fused-ring (bicyclic) bond motifs is 20. The molecule has 12 aromatic rings. The zero-order valence-corrected chi connectivity index (χ0v) is 57.1. The Morgan fingerprint density at radius 2 is 1.12 bits per heavy atom. The predicted molar refractivity (Wildman–Crippen MR) is 380 cm³/mol. The van der Waals surface area contributed by atoms with Crippen molar-refractivity contribution in [2.45, 2.75) is 108 Å². The third-order valence-corrected chi connectivity index (χ3v) is 24.0. The summed E-state index contributed by atoms with van der Waals surface area (Å²) in [5.41, 5.74) is 14.0. The Bertz CT molecular complexity index is 5190. The fourth-order valence-electron chi connectivity index (χ4n) is 14.8. The molecule has 486 valence electrons. The lowest BCUT2D eigenvalue weighted by Gasteiger charge is -2.20. The van der Waals surface area contributed by atoms with E-state index in [-0.39, 0.29) is 30.4 Å².